The zero-order valence-electron chi connectivity index (χ0n) is 20.6. The molecule has 2 aliphatic heterocycles. The lowest BCUT2D eigenvalue weighted by atomic mass is 9.65. The Balaban J connectivity index is 1.53. The van der Waals surface area contributed by atoms with Crippen LogP contribution in [0.2, 0.25) is 0 Å². The molecule has 178 valence electrons. The highest BCUT2D eigenvalue weighted by atomic mass is 16.2. The van der Waals surface area contributed by atoms with Gasteiger partial charge in [0.25, 0.3) is 0 Å². The van der Waals surface area contributed by atoms with Gasteiger partial charge in [-0.05, 0) is 62.8 Å². The Hall–Kier alpha value is -2.95. The van der Waals surface area contributed by atoms with E-state index in [0.717, 1.165) is 48.9 Å². The standard InChI is InChI=1S/C29H34N2O3/c1-19-14-15-23-24(16-19)31(28(2,3)18-29(23,4)20-10-6-5-7-11-20)25(32)17-30-26(33)21-12-8-9-13-22(21)27(30)34/h5-7,10-11,14-16,21-22H,8-9,12-13,17-18H2,1-4H3/t21-,22-,29+/m0/s1. The van der Waals surface area contributed by atoms with Crippen molar-refractivity contribution < 1.29 is 14.4 Å². The Morgan fingerprint density at radius 2 is 1.56 bits per heavy atom. The van der Waals surface area contributed by atoms with E-state index in [0.29, 0.717) is 0 Å². The average molecular weight is 459 g/mol. The highest BCUT2D eigenvalue weighted by Gasteiger charge is 2.51. The maximum atomic E-state index is 13.9. The van der Waals surface area contributed by atoms with Crippen molar-refractivity contribution >= 4 is 23.4 Å². The van der Waals surface area contributed by atoms with Gasteiger partial charge in [0, 0.05) is 16.6 Å². The number of carbonyl (C=O) groups is 3. The van der Waals surface area contributed by atoms with Crippen molar-refractivity contribution in [3.63, 3.8) is 0 Å². The van der Waals surface area contributed by atoms with Crippen molar-refractivity contribution in [3.8, 4) is 0 Å². The number of rotatable bonds is 3. The molecule has 0 aromatic heterocycles. The minimum Gasteiger partial charge on any atom is -0.305 e. The van der Waals surface area contributed by atoms with Crippen molar-refractivity contribution in [1.29, 1.82) is 0 Å². The fourth-order valence-corrected chi connectivity index (χ4v) is 6.79. The van der Waals surface area contributed by atoms with Crippen molar-refractivity contribution in [3.05, 3.63) is 65.2 Å². The minimum absolute atomic E-state index is 0.156. The predicted molar refractivity (Wildman–Crippen MR) is 132 cm³/mol. The van der Waals surface area contributed by atoms with Crippen LogP contribution >= 0.6 is 0 Å². The van der Waals surface area contributed by atoms with E-state index in [1.807, 2.05) is 17.9 Å². The lowest BCUT2D eigenvalue weighted by Gasteiger charge is -2.51. The van der Waals surface area contributed by atoms with E-state index in [1.165, 1.54) is 10.5 Å². The third-order valence-electron chi connectivity index (χ3n) is 8.27. The van der Waals surface area contributed by atoms with Crippen LogP contribution in [0.4, 0.5) is 5.69 Å². The second-order valence-corrected chi connectivity index (χ2v) is 11.2. The van der Waals surface area contributed by atoms with Crippen molar-refractivity contribution in [2.75, 3.05) is 11.4 Å². The van der Waals surface area contributed by atoms with E-state index in [-0.39, 0.29) is 41.5 Å². The van der Waals surface area contributed by atoms with E-state index in [4.69, 9.17) is 0 Å². The minimum atomic E-state index is -0.499. The van der Waals surface area contributed by atoms with E-state index in [1.54, 1.807) is 0 Å². The molecule has 3 amide bonds. The number of hydrogen-bond donors (Lipinski definition) is 0. The summed E-state index contributed by atoms with van der Waals surface area (Å²) < 4.78 is 0. The molecule has 5 heteroatoms. The van der Waals surface area contributed by atoms with Gasteiger partial charge in [0.05, 0.1) is 11.8 Å². The Morgan fingerprint density at radius 1 is 0.941 bits per heavy atom. The summed E-state index contributed by atoms with van der Waals surface area (Å²) in [6.07, 6.45) is 4.20. The summed E-state index contributed by atoms with van der Waals surface area (Å²) >= 11 is 0. The summed E-state index contributed by atoms with van der Waals surface area (Å²) in [5.41, 5.74) is 3.51. The smallest absolute Gasteiger partial charge is 0.247 e. The first-order valence-electron chi connectivity index (χ1n) is 12.5. The summed E-state index contributed by atoms with van der Waals surface area (Å²) in [6, 6.07) is 16.7. The van der Waals surface area contributed by atoms with Gasteiger partial charge < -0.3 is 4.90 Å². The Labute approximate surface area is 202 Å². The molecule has 3 atom stereocenters. The lowest BCUT2D eigenvalue weighted by Crippen LogP contribution is -2.58. The third-order valence-corrected chi connectivity index (χ3v) is 8.27. The van der Waals surface area contributed by atoms with Crippen LogP contribution < -0.4 is 4.90 Å². The van der Waals surface area contributed by atoms with Gasteiger partial charge in [0.1, 0.15) is 6.54 Å². The molecule has 1 saturated heterocycles. The Morgan fingerprint density at radius 3 is 2.18 bits per heavy atom. The number of fused-ring (bicyclic) bond motifs is 2. The number of carbonyl (C=O) groups excluding carboxylic acids is 3. The van der Waals surface area contributed by atoms with Crippen LogP contribution in [0.15, 0.2) is 48.5 Å². The molecule has 34 heavy (non-hydrogen) atoms. The van der Waals surface area contributed by atoms with Crippen LogP contribution in [0.25, 0.3) is 0 Å². The van der Waals surface area contributed by atoms with E-state index < -0.39 is 5.54 Å². The molecule has 0 N–H and O–H groups in total. The van der Waals surface area contributed by atoms with Gasteiger partial charge in [-0.1, -0.05) is 62.2 Å². The quantitative estimate of drug-likeness (QED) is 0.609. The molecular weight excluding hydrogens is 424 g/mol. The Kier molecular flexibility index (Phi) is 5.42. The molecule has 5 nitrogen and oxygen atoms in total. The van der Waals surface area contributed by atoms with E-state index in [2.05, 4.69) is 63.2 Å². The van der Waals surface area contributed by atoms with Crippen molar-refractivity contribution in [1.82, 2.24) is 4.90 Å². The molecule has 3 aliphatic rings. The number of amides is 3. The summed E-state index contributed by atoms with van der Waals surface area (Å²) in [5, 5.41) is 0. The molecular formula is C29H34N2O3. The molecule has 0 bridgehead atoms. The molecule has 2 heterocycles. The summed E-state index contributed by atoms with van der Waals surface area (Å²) in [7, 11) is 0. The zero-order chi connectivity index (χ0) is 24.3. The van der Waals surface area contributed by atoms with Crippen LogP contribution in [0.1, 0.15) is 69.6 Å². The summed E-state index contributed by atoms with van der Waals surface area (Å²) in [6.45, 7) is 8.28. The normalized spacial score (nSPS) is 28.0. The molecule has 0 radical (unpaired) electrons. The number of likely N-dealkylation sites (tertiary alicyclic amines) is 1. The second kappa shape index (κ2) is 8.07. The van der Waals surface area contributed by atoms with Gasteiger partial charge in [-0.3, -0.25) is 19.3 Å². The number of anilines is 1. The van der Waals surface area contributed by atoms with Gasteiger partial charge >= 0.3 is 0 Å². The van der Waals surface area contributed by atoms with Crippen molar-refractivity contribution in [2.24, 2.45) is 11.8 Å². The molecule has 2 aromatic rings. The summed E-state index contributed by atoms with van der Waals surface area (Å²) in [4.78, 5) is 43.1. The maximum absolute atomic E-state index is 13.9. The van der Waals surface area contributed by atoms with Crippen LogP contribution in [0.3, 0.4) is 0 Å². The average Bonchev–Trinajstić information content (AvgIpc) is 3.04. The van der Waals surface area contributed by atoms with Gasteiger partial charge in [-0.2, -0.15) is 0 Å². The first kappa shape index (κ1) is 22.8. The largest absolute Gasteiger partial charge is 0.305 e. The topological polar surface area (TPSA) is 57.7 Å². The van der Waals surface area contributed by atoms with Crippen LogP contribution in [0.5, 0.6) is 0 Å². The fourth-order valence-electron chi connectivity index (χ4n) is 6.79. The number of aryl methyl sites for hydroxylation is 1. The molecule has 1 saturated carbocycles. The first-order valence-corrected chi connectivity index (χ1v) is 12.5. The zero-order valence-corrected chi connectivity index (χ0v) is 20.6. The van der Waals surface area contributed by atoms with E-state index in [9.17, 15) is 14.4 Å². The number of imide groups is 1. The molecule has 5 rings (SSSR count). The monoisotopic (exact) mass is 458 g/mol. The molecule has 0 unspecified atom stereocenters. The highest BCUT2D eigenvalue weighted by molar-refractivity contribution is 6.09. The number of nitrogens with zero attached hydrogens (tertiary/aromatic N) is 2. The fraction of sp³-hybridized carbons (Fsp3) is 0.483. The first-order chi connectivity index (χ1) is 16.1. The highest BCUT2D eigenvalue weighted by Crippen LogP contribution is 2.50. The van der Waals surface area contributed by atoms with E-state index >= 15 is 0 Å². The Bertz CT molecular complexity index is 1130. The van der Waals surface area contributed by atoms with Crippen LogP contribution in [-0.4, -0.2) is 34.7 Å². The SMILES string of the molecule is Cc1ccc2c(c1)N(C(=O)CN1C(=O)[C@H]3CCCC[C@@H]3C1=O)C(C)(C)C[C@]2(C)c1ccccc1. The predicted octanol–water partition coefficient (Wildman–Crippen LogP) is 4.99. The lowest BCUT2D eigenvalue weighted by molar-refractivity contribution is -0.143. The van der Waals surface area contributed by atoms with Gasteiger partial charge in [0.15, 0.2) is 0 Å². The molecule has 1 aliphatic carbocycles. The summed E-state index contributed by atoms with van der Waals surface area (Å²) in [5.74, 6) is -0.973. The van der Waals surface area contributed by atoms with Gasteiger partial charge in [0.2, 0.25) is 17.7 Å². The molecule has 2 fully saturated rings. The second-order valence-electron chi connectivity index (χ2n) is 11.2. The molecule has 0 spiro atoms. The third kappa shape index (κ3) is 3.48. The maximum Gasteiger partial charge on any atom is 0.247 e. The van der Waals surface area contributed by atoms with Crippen molar-refractivity contribution in [2.45, 2.75) is 70.8 Å². The van der Waals surface area contributed by atoms with Crippen LogP contribution in [0, 0.1) is 18.8 Å². The van der Waals surface area contributed by atoms with Gasteiger partial charge in [-0.15, -0.1) is 0 Å². The van der Waals surface area contributed by atoms with Gasteiger partial charge in [-0.25, -0.2) is 0 Å². The number of benzene rings is 2. The number of hydrogen-bond acceptors (Lipinski definition) is 3. The molecule has 2 aromatic carbocycles. The van der Waals surface area contributed by atoms with Crippen LogP contribution in [-0.2, 0) is 19.8 Å².